The van der Waals surface area contributed by atoms with Crippen molar-refractivity contribution in [1.29, 1.82) is 0 Å². The van der Waals surface area contributed by atoms with Crippen LogP contribution in [0, 0.1) is 19.7 Å². The second-order valence-corrected chi connectivity index (χ2v) is 5.86. The zero-order chi connectivity index (χ0) is 18.6. The van der Waals surface area contributed by atoms with Gasteiger partial charge in [-0.05, 0) is 39.0 Å². The van der Waals surface area contributed by atoms with Crippen LogP contribution in [0.1, 0.15) is 34.2 Å². The molecule has 0 unspecified atom stereocenters. The second kappa shape index (κ2) is 8.16. The molecule has 2 rings (SSSR count). The lowest BCUT2D eigenvalue weighted by atomic mass is 10.2. The Kier molecular flexibility index (Phi) is 6.20. The number of esters is 2. The van der Waals surface area contributed by atoms with Crippen molar-refractivity contribution in [2.75, 3.05) is 6.61 Å². The smallest absolute Gasteiger partial charge is 0.339 e. The van der Waals surface area contributed by atoms with Crippen LogP contribution in [0.4, 0.5) is 4.39 Å². The zero-order valence-corrected chi connectivity index (χ0v) is 15.0. The van der Waals surface area contributed by atoms with Crippen molar-refractivity contribution in [3.05, 3.63) is 57.6 Å². The summed E-state index contributed by atoms with van der Waals surface area (Å²) in [6.45, 7) is 5.14. The van der Waals surface area contributed by atoms with Gasteiger partial charge in [0.2, 0.25) is 0 Å². The van der Waals surface area contributed by atoms with E-state index in [0.29, 0.717) is 11.3 Å². The molecule has 0 spiro atoms. The van der Waals surface area contributed by atoms with Crippen molar-refractivity contribution in [3.63, 3.8) is 0 Å². The summed E-state index contributed by atoms with van der Waals surface area (Å²) in [6, 6.07) is 5.92. The number of hydrogen-bond donors (Lipinski definition) is 0. The van der Waals surface area contributed by atoms with Crippen LogP contribution in [0.2, 0.25) is 5.02 Å². The molecule has 0 aliphatic heterocycles. The van der Waals surface area contributed by atoms with Gasteiger partial charge in [0.1, 0.15) is 19.0 Å². The van der Waals surface area contributed by atoms with Gasteiger partial charge in [-0.3, -0.25) is 4.79 Å². The molecule has 0 N–H and O–H groups in total. The predicted octanol–water partition coefficient (Wildman–Crippen LogP) is 3.82. The van der Waals surface area contributed by atoms with Crippen molar-refractivity contribution in [3.8, 4) is 0 Å². The van der Waals surface area contributed by atoms with Crippen molar-refractivity contribution >= 4 is 23.5 Å². The molecule has 134 valence electrons. The minimum atomic E-state index is -0.559. The fourth-order valence-corrected chi connectivity index (χ4v) is 2.68. The molecule has 1 heterocycles. The van der Waals surface area contributed by atoms with Gasteiger partial charge < -0.3 is 14.0 Å². The van der Waals surface area contributed by atoms with Gasteiger partial charge in [-0.1, -0.05) is 17.7 Å². The highest BCUT2D eigenvalue weighted by Crippen LogP contribution is 2.20. The number of benzene rings is 1. The molecule has 0 radical (unpaired) electrons. The maximum atomic E-state index is 13.7. The van der Waals surface area contributed by atoms with Gasteiger partial charge in [0, 0.05) is 17.0 Å². The molecule has 7 heteroatoms. The summed E-state index contributed by atoms with van der Waals surface area (Å²) in [4.78, 5) is 24.0. The van der Waals surface area contributed by atoms with Gasteiger partial charge in [0.25, 0.3) is 0 Å². The highest BCUT2D eigenvalue weighted by Gasteiger charge is 2.19. The van der Waals surface area contributed by atoms with Crippen LogP contribution in [0.15, 0.2) is 24.3 Å². The SMILES string of the molecule is CCOC(=O)c1cc(C)n(CC(=O)OCc2c(F)cccc2Cl)c1C. The van der Waals surface area contributed by atoms with Crippen molar-refractivity contribution in [2.24, 2.45) is 0 Å². The standard InChI is InChI=1S/C18H19ClFNO4/c1-4-24-18(23)13-8-11(2)21(12(13)3)9-17(22)25-10-14-15(19)6-5-7-16(14)20/h5-8H,4,9-10H2,1-3H3. The Morgan fingerprint density at radius 3 is 2.60 bits per heavy atom. The summed E-state index contributed by atoms with van der Waals surface area (Å²) in [6.07, 6.45) is 0. The minimum Gasteiger partial charge on any atom is -0.462 e. The van der Waals surface area contributed by atoms with Crippen LogP contribution in [0.3, 0.4) is 0 Å². The van der Waals surface area contributed by atoms with E-state index in [9.17, 15) is 14.0 Å². The lowest BCUT2D eigenvalue weighted by Crippen LogP contribution is -2.16. The summed E-state index contributed by atoms with van der Waals surface area (Å²) in [5, 5.41) is 0.200. The summed E-state index contributed by atoms with van der Waals surface area (Å²) in [5.41, 5.74) is 1.87. The maximum absolute atomic E-state index is 13.7. The summed E-state index contributed by atoms with van der Waals surface area (Å²) >= 11 is 5.90. The van der Waals surface area contributed by atoms with Gasteiger partial charge in [0.05, 0.1) is 17.2 Å². The third-order valence-corrected chi connectivity index (χ3v) is 4.15. The first-order valence-corrected chi connectivity index (χ1v) is 8.15. The molecule has 1 aromatic heterocycles. The van der Waals surface area contributed by atoms with Crippen LogP contribution < -0.4 is 0 Å². The summed E-state index contributed by atoms with van der Waals surface area (Å²) in [7, 11) is 0. The summed E-state index contributed by atoms with van der Waals surface area (Å²) < 4.78 is 25.4. The second-order valence-electron chi connectivity index (χ2n) is 5.45. The molecule has 0 bridgehead atoms. The Labute approximate surface area is 150 Å². The first-order valence-electron chi connectivity index (χ1n) is 7.77. The molecule has 2 aromatic rings. The predicted molar refractivity (Wildman–Crippen MR) is 91.1 cm³/mol. The molecule has 0 saturated carbocycles. The topological polar surface area (TPSA) is 57.5 Å². The van der Waals surface area contributed by atoms with Gasteiger partial charge in [-0.25, -0.2) is 9.18 Å². The zero-order valence-electron chi connectivity index (χ0n) is 14.3. The number of carbonyl (C=O) groups is 2. The lowest BCUT2D eigenvalue weighted by molar-refractivity contribution is -0.145. The molecule has 0 atom stereocenters. The van der Waals surface area contributed by atoms with Crippen LogP contribution in [-0.4, -0.2) is 23.1 Å². The molecule has 5 nitrogen and oxygen atoms in total. The van der Waals surface area contributed by atoms with Crippen LogP contribution >= 0.6 is 11.6 Å². The molecule has 0 saturated heterocycles. The first-order chi connectivity index (χ1) is 11.8. The highest BCUT2D eigenvalue weighted by atomic mass is 35.5. The van der Waals surface area contributed by atoms with E-state index in [0.717, 1.165) is 5.69 Å². The van der Waals surface area contributed by atoms with Gasteiger partial charge in [-0.2, -0.15) is 0 Å². The number of halogens is 2. The van der Waals surface area contributed by atoms with Crippen molar-refractivity contribution in [1.82, 2.24) is 4.57 Å². The van der Waals surface area contributed by atoms with Gasteiger partial charge >= 0.3 is 11.9 Å². The van der Waals surface area contributed by atoms with Crippen molar-refractivity contribution < 1.29 is 23.5 Å². The molecule has 25 heavy (non-hydrogen) atoms. The van der Waals surface area contributed by atoms with E-state index in [1.165, 1.54) is 18.2 Å². The van der Waals surface area contributed by atoms with E-state index < -0.39 is 17.8 Å². The fraction of sp³-hybridized carbons (Fsp3) is 0.333. The van der Waals surface area contributed by atoms with E-state index >= 15 is 0 Å². The number of carbonyl (C=O) groups excluding carboxylic acids is 2. The Morgan fingerprint density at radius 2 is 1.96 bits per heavy atom. The van der Waals surface area contributed by atoms with E-state index in [1.807, 2.05) is 0 Å². The third-order valence-electron chi connectivity index (χ3n) is 3.80. The minimum absolute atomic E-state index is 0.0941. The number of nitrogens with zero attached hydrogens (tertiary/aromatic N) is 1. The molecular weight excluding hydrogens is 349 g/mol. The molecule has 0 aliphatic carbocycles. The molecular formula is C18H19ClFNO4. The largest absolute Gasteiger partial charge is 0.462 e. The number of hydrogen-bond acceptors (Lipinski definition) is 4. The molecule has 0 aliphatic rings. The number of ether oxygens (including phenoxy) is 2. The van der Waals surface area contributed by atoms with E-state index in [1.54, 1.807) is 31.4 Å². The normalized spacial score (nSPS) is 10.6. The molecule has 0 fully saturated rings. The molecule has 0 amide bonds. The van der Waals surface area contributed by atoms with Crippen LogP contribution in [0.5, 0.6) is 0 Å². The van der Waals surface area contributed by atoms with Crippen molar-refractivity contribution in [2.45, 2.75) is 33.9 Å². The van der Waals surface area contributed by atoms with E-state index in [-0.39, 0.29) is 30.3 Å². The lowest BCUT2D eigenvalue weighted by Gasteiger charge is -2.11. The van der Waals surface area contributed by atoms with E-state index in [2.05, 4.69) is 0 Å². The summed E-state index contributed by atoms with van der Waals surface area (Å²) in [5.74, 6) is -1.52. The third kappa shape index (κ3) is 4.39. The number of aryl methyl sites for hydroxylation is 1. The number of aromatic nitrogens is 1. The highest BCUT2D eigenvalue weighted by molar-refractivity contribution is 6.31. The Bertz CT molecular complexity index is 780. The number of rotatable bonds is 6. The fourth-order valence-electron chi connectivity index (χ4n) is 2.46. The Balaban J connectivity index is 2.07. The average molecular weight is 368 g/mol. The molecule has 1 aromatic carbocycles. The Morgan fingerprint density at radius 1 is 1.24 bits per heavy atom. The Hall–Kier alpha value is -2.34. The maximum Gasteiger partial charge on any atom is 0.339 e. The van der Waals surface area contributed by atoms with Gasteiger partial charge in [-0.15, -0.1) is 0 Å². The quantitative estimate of drug-likeness (QED) is 0.728. The average Bonchev–Trinajstić information content (AvgIpc) is 2.83. The van der Waals surface area contributed by atoms with Gasteiger partial charge in [0.15, 0.2) is 0 Å². The van der Waals surface area contributed by atoms with Crippen LogP contribution in [0.25, 0.3) is 0 Å². The monoisotopic (exact) mass is 367 g/mol. The van der Waals surface area contributed by atoms with Crippen LogP contribution in [-0.2, 0) is 27.4 Å². The van der Waals surface area contributed by atoms with E-state index in [4.69, 9.17) is 21.1 Å². The first kappa shape index (κ1) is 19.0.